The molecule has 0 saturated heterocycles. The normalized spacial score (nSPS) is 10.7. The van der Waals surface area contributed by atoms with Crippen molar-refractivity contribution in [2.45, 2.75) is 13.8 Å². The van der Waals surface area contributed by atoms with Gasteiger partial charge in [-0.1, -0.05) is 72.8 Å². The number of nitrogens with zero attached hydrogens (tertiary/aromatic N) is 4. The topological polar surface area (TPSA) is 131 Å². The van der Waals surface area contributed by atoms with E-state index in [0.29, 0.717) is 33.5 Å². The summed E-state index contributed by atoms with van der Waals surface area (Å²) in [4.78, 5) is 17.3. The van der Waals surface area contributed by atoms with E-state index in [0.717, 1.165) is 22.2 Å². The van der Waals surface area contributed by atoms with E-state index in [-0.39, 0.29) is 49.2 Å². The van der Waals surface area contributed by atoms with Gasteiger partial charge in [0.05, 0.1) is 11.4 Å². The Morgan fingerprint density at radius 3 is 1.20 bits per heavy atom. The summed E-state index contributed by atoms with van der Waals surface area (Å²) in [6.07, 6.45) is 3.20. The quantitative estimate of drug-likeness (QED) is 0.134. The maximum atomic E-state index is 9.79. The monoisotopic (exact) mass is 724 g/mol. The van der Waals surface area contributed by atoms with Crippen LogP contribution in [0.15, 0.2) is 143 Å². The molecule has 0 aliphatic carbocycles. The minimum atomic E-state index is 0. The van der Waals surface area contributed by atoms with Crippen LogP contribution in [0, 0.1) is 13.8 Å². The van der Waals surface area contributed by atoms with E-state index in [2.05, 4.69) is 20.0 Å². The maximum Gasteiger partial charge on any atom is 0.141 e. The van der Waals surface area contributed by atoms with Crippen LogP contribution in [0.5, 0.6) is 23.0 Å². The molecular formula is C40H34N4O4Zr. The van der Waals surface area contributed by atoms with Crippen molar-refractivity contribution in [3.05, 3.63) is 156 Å². The standard InChI is InChI=1S/C20H16N2O2.2C10H9NO.Zr/c23-19-11-5-1-7-15(19)13-21-17-9-3-4-10-18(17)22-14-16-8-2-6-12-20(16)24;2*1-7-5-6-8-3-2-4-9(12)10(8)11-7;/h1-14,23-24H;2*2-6,12H,1H3;. The van der Waals surface area contributed by atoms with Crippen LogP contribution in [-0.2, 0) is 26.2 Å². The van der Waals surface area contributed by atoms with Gasteiger partial charge in [-0.3, -0.25) is 9.98 Å². The summed E-state index contributed by atoms with van der Waals surface area (Å²) in [5.74, 6) is 0.847. The van der Waals surface area contributed by atoms with Gasteiger partial charge in [-0.15, -0.1) is 0 Å². The van der Waals surface area contributed by atoms with E-state index in [1.54, 1.807) is 61.0 Å². The van der Waals surface area contributed by atoms with Crippen molar-refractivity contribution >= 4 is 45.6 Å². The summed E-state index contributed by atoms with van der Waals surface area (Å²) in [6, 6.07) is 40.0. The summed E-state index contributed by atoms with van der Waals surface area (Å²) >= 11 is 0. The molecule has 0 fully saturated rings. The SMILES string of the molecule is Cc1ccc2cccc(O)c2n1.Cc1ccc2cccc(O)c2n1.Oc1ccccc1C=Nc1ccccc1N=Cc1ccccc1O.[Zr]. The number of aryl methyl sites for hydroxylation is 2. The van der Waals surface area contributed by atoms with Gasteiger partial charge in [0.15, 0.2) is 0 Å². The zero-order valence-electron chi connectivity index (χ0n) is 26.9. The van der Waals surface area contributed by atoms with Gasteiger partial charge in [0, 0.05) is 71.9 Å². The predicted octanol–water partition coefficient (Wildman–Crippen LogP) is 9.09. The zero-order valence-corrected chi connectivity index (χ0v) is 29.4. The number of rotatable bonds is 4. The van der Waals surface area contributed by atoms with E-state index >= 15 is 0 Å². The fourth-order valence-electron chi connectivity index (χ4n) is 4.61. The van der Waals surface area contributed by atoms with Gasteiger partial charge in [0.25, 0.3) is 0 Å². The van der Waals surface area contributed by atoms with Crippen molar-refractivity contribution < 1.29 is 46.6 Å². The van der Waals surface area contributed by atoms with Crippen LogP contribution >= 0.6 is 0 Å². The first-order chi connectivity index (χ1) is 23.3. The van der Waals surface area contributed by atoms with Gasteiger partial charge in [-0.05, 0) is 74.5 Å². The second-order valence-corrected chi connectivity index (χ2v) is 10.7. The minimum absolute atomic E-state index is 0. The van der Waals surface area contributed by atoms with E-state index in [1.807, 2.05) is 98.8 Å². The molecule has 0 bridgehead atoms. The number of aromatic hydroxyl groups is 4. The first-order valence-corrected chi connectivity index (χ1v) is 15.1. The Labute approximate surface area is 303 Å². The smallest absolute Gasteiger partial charge is 0.141 e. The van der Waals surface area contributed by atoms with E-state index < -0.39 is 0 Å². The molecule has 0 unspecified atom stereocenters. The maximum absolute atomic E-state index is 9.79. The van der Waals surface area contributed by atoms with Gasteiger partial charge in [0.1, 0.15) is 34.0 Å². The number of para-hydroxylation sites is 6. The fourth-order valence-corrected chi connectivity index (χ4v) is 4.61. The number of fused-ring (bicyclic) bond motifs is 2. The summed E-state index contributed by atoms with van der Waals surface area (Å²) in [6.45, 7) is 3.82. The molecule has 2 heterocycles. The van der Waals surface area contributed by atoms with Crippen molar-refractivity contribution in [1.29, 1.82) is 0 Å². The number of aromatic nitrogens is 2. The molecular weight excluding hydrogens is 692 g/mol. The van der Waals surface area contributed by atoms with Crippen LogP contribution in [0.2, 0.25) is 0 Å². The molecule has 8 nitrogen and oxygen atoms in total. The first kappa shape index (κ1) is 36.2. The van der Waals surface area contributed by atoms with Crippen molar-refractivity contribution in [2.75, 3.05) is 0 Å². The molecule has 0 radical (unpaired) electrons. The summed E-state index contributed by atoms with van der Waals surface area (Å²) in [7, 11) is 0. The minimum Gasteiger partial charge on any atom is -0.507 e. The predicted molar refractivity (Wildman–Crippen MR) is 193 cm³/mol. The van der Waals surface area contributed by atoms with Crippen molar-refractivity contribution in [2.24, 2.45) is 9.98 Å². The molecule has 0 aliphatic rings. The Hall–Kier alpha value is -5.66. The van der Waals surface area contributed by atoms with Gasteiger partial charge in [-0.2, -0.15) is 0 Å². The summed E-state index contributed by atoms with van der Waals surface area (Å²) < 4.78 is 0. The number of phenols is 4. The Kier molecular flexibility index (Phi) is 12.9. The number of aliphatic imine (C=N–C) groups is 2. The molecule has 49 heavy (non-hydrogen) atoms. The molecule has 7 aromatic rings. The fraction of sp³-hybridized carbons (Fsp3) is 0.0500. The van der Waals surface area contributed by atoms with Crippen molar-refractivity contribution in [1.82, 2.24) is 9.97 Å². The molecule has 9 heteroatoms. The van der Waals surface area contributed by atoms with Gasteiger partial charge < -0.3 is 20.4 Å². The second-order valence-electron chi connectivity index (χ2n) is 10.7. The number of hydrogen-bond donors (Lipinski definition) is 4. The van der Waals surface area contributed by atoms with Crippen LogP contribution in [0.25, 0.3) is 21.8 Å². The van der Waals surface area contributed by atoms with Crippen LogP contribution in [-0.4, -0.2) is 42.8 Å². The third-order valence-electron chi connectivity index (χ3n) is 7.12. The Morgan fingerprint density at radius 2 is 0.796 bits per heavy atom. The molecule has 0 saturated carbocycles. The average Bonchev–Trinajstić information content (AvgIpc) is 3.09. The molecule has 5 aromatic carbocycles. The van der Waals surface area contributed by atoms with Crippen molar-refractivity contribution in [3.8, 4) is 23.0 Å². The molecule has 7 rings (SSSR count). The number of benzene rings is 5. The Bertz CT molecular complexity index is 2080. The third kappa shape index (κ3) is 9.92. The van der Waals surface area contributed by atoms with E-state index in [1.165, 1.54) is 0 Å². The molecule has 4 N–H and O–H groups in total. The van der Waals surface area contributed by atoms with E-state index in [4.69, 9.17) is 0 Å². The average molecular weight is 726 g/mol. The number of hydrogen-bond acceptors (Lipinski definition) is 8. The molecule has 0 amide bonds. The number of pyridine rings is 2. The summed E-state index contributed by atoms with van der Waals surface area (Å²) in [5.41, 5.74) is 5.82. The van der Waals surface area contributed by atoms with Crippen LogP contribution in [0.1, 0.15) is 22.5 Å². The Morgan fingerprint density at radius 1 is 0.429 bits per heavy atom. The molecule has 0 aliphatic heterocycles. The zero-order chi connectivity index (χ0) is 33.9. The molecule has 0 spiro atoms. The third-order valence-corrected chi connectivity index (χ3v) is 7.12. The van der Waals surface area contributed by atoms with Gasteiger partial charge >= 0.3 is 0 Å². The van der Waals surface area contributed by atoms with Crippen LogP contribution in [0.3, 0.4) is 0 Å². The van der Waals surface area contributed by atoms with Crippen molar-refractivity contribution in [3.63, 3.8) is 0 Å². The molecule has 0 atom stereocenters. The molecule has 2 aromatic heterocycles. The van der Waals surface area contributed by atoms with Gasteiger partial charge in [-0.25, -0.2) is 9.97 Å². The van der Waals surface area contributed by atoms with Crippen LogP contribution < -0.4 is 0 Å². The largest absolute Gasteiger partial charge is 0.507 e. The first-order valence-electron chi connectivity index (χ1n) is 15.1. The molecule has 242 valence electrons. The van der Waals surface area contributed by atoms with Crippen LogP contribution in [0.4, 0.5) is 11.4 Å². The number of phenolic OH excluding ortho intramolecular Hbond substituents is 4. The van der Waals surface area contributed by atoms with E-state index in [9.17, 15) is 20.4 Å². The Balaban J connectivity index is 0.000000181. The summed E-state index contributed by atoms with van der Waals surface area (Å²) in [5, 5.41) is 40.4. The second kappa shape index (κ2) is 17.5. The van der Waals surface area contributed by atoms with Gasteiger partial charge in [0.2, 0.25) is 0 Å².